The van der Waals surface area contributed by atoms with Crippen molar-refractivity contribution >= 4 is 22.8 Å². The van der Waals surface area contributed by atoms with Crippen molar-refractivity contribution in [1.82, 2.24) is 14.5 Å². The fourth-order valence-electron chi connectivity index (χ4n) is 2.27. The molecule has 0 bridgehead atoms. The molecule has 0 spiro atoms. The van der Waals surface area contributed by atoms with Gasteiger partial charge in [0, 0.05) is 23.3 Å². The maximum Gasteiger partial charge on any atom is 0.160 e. The number of aliphatic hydroxyl groups excluding tert-OH is 1. The summed E-state index contributed by atoms with van der Waals surface area (Å²) in [5, 5.41) is 9.94. The molecule has 0 aliphatic carbocycles. The third kappa shape index (κ3) is 2.28. The van der Waals surface area contributed by atoms with Crippen LogP contribution in [0.25, 0.3) is 22.6 Å². The molecule has 2 heterocycles. The summed E-state index contributed by atoms with van der Waals surface area (Å²) in [6, 6.07) is 9.52. The van der Waals surface area contributed by atoms with Crippen LogP contribution in [-0.2, 0) is 6.54 Å². The van der Waals surface area contributed by atoms with E-state index in [4.69, 9.17) is 11.6 Å². The maximum atomic E-state index is 9.28. The number of hydrogen-bond acceptors (Lipinski definition) is 3. The smallest absolute Gasteiger partial charge is 0.160 e. The Kier molecular flexibility index (Phi) is 3.42. The lowest BCUT2D eigenvalue weighted by atomic mass is 10.2. The second-order valence-corrected chi connectivity index (χ2v) is 5.11. The van der Waals surface area contributed by atoms with Gasteiger partial charge in [0.1, 0.15) is 11.3 Å². The molecule has 20 heavy (non-hydrogen) atoms. The van der Waals surface area contributed by atoms with Gasteiger partial charge < -0.3 is 9.67 Å². The Morgan fingerprint density at radius 2 is 2.15 bits per heavy atom. The van der Waals surface area contributed by atoms with E-state index in [2.05, 4.69) is 9.97 Å². The van der Waals surface area contributed by atoms with Crippen LogP contribution in [-0.4, -0.2) is 26.2 Å². The zero-order valence-corrected chi connectivity index (χ0v) is 11.8. The quantitative estimate of drug-likeness (QED) is 0.805. The average Bonchev–Trinajstić information content (AvgIpc) is 2.77. The van der Waals surface area contributed by atoms with Crippen molar-refractivity contribution in [2.45, 2.75) is 13.5 Å². The van der Waals surface area contributed by atoms with E-state index in [1.165, 1.54) is 0 Å². The van der Waals surface area contributed by atoms with Gasteiger partial charge in [-0.1, -0.05) is 23.7 Å². The first-order chi connectivity index (χ1) is 9.69. The highest BCUT2D eigenvalue weighted by Crippen LogP contribution is 2.26. The van der Waals surface area contributed by atoms with Crippen LogP contribution in [0.3, 0.4) is 0 Å². The van der Waals surface area contributed by atoms with Crippen LogP contribution in [0.5, 0.6) is 0 Å². The number of aromatic nitrogens is 3. The van der Waals surface area contributed by atoms with Gasteiger partial charge in [-0.15, -0.1) is 0 Å². The second kappa shape index (κ2) is 5.23. The van der Waals surface area contributed by atoms with Gasteiger partial charge >= 0.3 is 0 Å². The molecule has 0 atom stereocenters. The van der Waals surface area contributed by atoms with Crippen LogP contribution in [0.15, 0.2) is 36.5 Å². The number of halogens is 1. The molecule has 3 aromatic rings. The molecule has 1 aromatic carbocycles. The van der Waals surface area contributed by atoms with E-state index in [1.54, 1.807) is 6.20 Å². The minimum absolute atomic E-state index is 0.0363. The van der Waals surface area contributed by atoms with Gasteiger partial charge in [-0.05, 0) is 30.7 Å². The van der Waals surface area contributed by atoms with E-state index < -0.39 is 0 Å². The van der Waals surface area contributed by atoms with Crippen molar-refractivity contribution in [1.29, 1.82) is 0 Å². The van der Waals surface area contributed by atoms with Gasteiger partial charge in [0.25, 0.3) is 0 Å². The SMILES string of the molecule is Cc1cnc2c(c1)nc(-c1cccc(Cl)c1)n2CCO. The monoisotopic (exact) mass is 287 g/mol. The highest BCUT2D eigenvalue weighted by molar-refractivity contribution is 6.30. The summed E-state index contributed by atoms with van der Waals surface area (Å²) in [7, 11) is 0. The van der Waals surface area contributed by atoms with Gasteiger partial charge in [0.15, 0.2) is 5.65 Å². The van der Waals surface area contributed by atoms with Crippen molar-refractivity contribution < 1.29 is 5.11 Å². The molecule has 3 rings (SSSR count). The fraction of sp³-hybridized carbons (Fsp3) is 0.200. The summed E-state index contributed by atoms with van der Waals surface area (Å²) < 4.78 is 1.92. The molecule has 0 amide bonds. The summed E-state index contributed by atoms with van der Waals surface area (Å²) in [5.74, 6) is 0.773. The van der Waals surface area contributed by atoms with E-state index in [9.17, 15) is 5.11 Å². The fourth-order valence-corrected chi connectivity index (χ4v) is 2.46. The van der Waals surface area contributed by atoms with Crippen LogP contribution in [0.4, 0.5) is 0 Å². The van der Waals surface area contributed by atoms with Gasteiger partial charge in [-0.25, -0.2) is 9.97 Å². The minimum atomic E-state index is 0.0363. The van der Waals surface area contributed by atoms with E-state index in [0.29, 0.717) is 11.6 Å². The van der Waals surface area contributed by atoms with E-state index in [0.717, 1.165) is 28.1 Å². The minimum Gasteiger partial charge on any atom is -0.395 e. The topological polar surface area (TPSA) is 50.9 Å². The Labute approximate surface area is 121 Å². The predicted molar refractivity (Wildman–Crippen MR) is 79.8 cm³/mol. The summed E-state index contributed by atoms with van der Waals surface area (Å²) in [4.78, 5) is 9.06. The molecule has 102 valence electrons. The first-order valence-corrected chi connectivity index (χ1v) is 6.76. The molecule has 0 radical (unpaired) electrons. The zero-order chi connectivity index (χ0) is 14.1. The number of aryl methyl sites for hydroxylation is 1. The third-order valence-corrected chi connectivity index (χ3v) is 3.36. The standard InChI is InChI=1S/C15H14ClN3O/c1-10-7-13-15(17-9-10)19(5-6-20)14(18-13)11-3-2-4-12(16)8-11/h2-4,7-9,20H,5-6H2,1H3. The molecule has 2 aromatic heterocycles. The normalized spacial score (nSPS) is 11.2. The number of benzene rings is 1. The summed E-state index contributed by atoms with van der Waals surface area (Å²) >= 11 is 6.05. The Bertz CT molecular complexity index is 767. The van der Waals surface area contributed by atoms with E-state index >= 15 is 0 Å². The largest absolute Gasteiger partial charge is 0.395 e. The number of imidazole rings is 1. The molecule has 0 saturated carbocycles. The molecule has 0 saturated heterocycles. The second-order valence-electron chi connectivity index (χ2n) is 4.68. The summed E-state index contributed by atoms with van der Waals surface area (Å²) in [6.45, 7) is 2.47. The number of nitrogens with zero attached hydrogens (tertiary/aromatic N) is 3. The van der Waals surface area contributed by atoms with Crippen molar-refractivity contribution in [2.75, 3.05) is 6.61 Å². The van der Waals surface area contributed by atoms with E-state index in [-0.39, 0.29) is 6.61 Å². The van der Waals surface area contributed by atoms with Crippen molar-refractivity contribution in [3.05, 3.63) is 47.1 Å². The van der Waals surface area contributed by atoms with Crippen LogP contribution >= 0.6 is 11.6 Å². The lowest BCUT2D eigenvalue weighted by molar-refractivity contribution is 0.278. The lowest BCUT2D eigenvalue weighted by Crippen LogP contribution is -2.05. The molecule has 0 fully saturated rings. The van der Waals surface area contributed by atoms with Crippen LogP contribution in [0, 0.1) is 6.92 Å². The van der Waals surface area contributed by atoms with Crippen LogP contribution in [0.1, 0.15) is 5.56 Å². The Morgan fingerprint density at radius 3 is 2.90 bits per heavy atom. The number of hydrogen-bond donors (Lipinski definition) is 1. The molecule has 5 heteroatoms. The predicted octanol–water partition coefficient (Wildman–Crippen LogP) is 3.05. The Balaban J connectivity index is 2.25. The highest BCUT2D eigenvalue weighted by atomic mass is 35.5. The van der Waals surface area contributed by atoms with Crippen LogP contribution in [0.2, 0.25) is 5.02 Å². The lowest BCUT2D eigenvalue weighted by Gasteiger charge is -2.07. The number of rotatable bonds is 3. The first kappa shape index (κ1) is 13.1. The van der Waals surface area contributed by atoms with Gasteiger partial charge in [-0.3, -0.25) is 0 Å². The molecule has 1 N–H and O–H groups in total. The molecule has 4 nitrogen and oxygen atoms in total. The Morgan fingerprint density at radius 1 is 1.30 bits per heavy atom. The molecular weight excluding hydrogens is 274 g/mol. The first-order valence-electron chi connectivity index (χ1n) is 6.39. The molecule has 0 aliphatic heterocycles. The van der Waals surface area contributed by atoms with Crippen LogP contribution < -0.4 is 0 Å². The molecule has 0 aliphatic rings. The van der Waals surface area contributed by atoms with Crippen molar-refractivity contribution in [3.8, 4) is 11.4 Å². The van der Waals surface area contributed by atoms with Gasteiger partial charge in [0.2, 0.25) is 0 Å². The summed E-state index contributed by atoms with van der Waals surface area (Å²) in [5.41, 5.74) is 3.58. The van der Waals surface area contributed by atoms with Gasteiger partial charge in [0.05, 0.1) is 6.61 Å². The number of fused-ring (bicyclic) bond motifs is 1. The highest BCUT2D eigenvalue weighted by Gasteiger charge is 2.13. The Hall–Kier alpha value is -1.91. The summed E-state index contributed by atoms with van der Waals surface area (Å²) in [6.07, 6.45) is 1.81. The number of pyridine rings is 1. The number of aliphatic hydroxyl groups is 1. The third-order valence-electron chi connectivity index (χ3n) is 3.13. The van der Waals surface area contributed by atoms with Gasteiger partial charge in [-0.2, -0.15) is 0 Å². The van der Waals surface area contributed by atoms with Crippen molar-refractivity contribution in [2.24, 2.45) is 0 Å². The molecular formula is C15H14ClN3O. The maximum absolute atomic E-state index is 9.28. The molecule has 0 unspecified atom stereocenters. The average molecular weight is 288 g/mol. The zero-order valence-electron chi connectivity index (χ0n) is 11.0. The van der Waals surface area contributed by atoms with E-state index in [1.807, 2.05) is 41.8 Å². The van der Waals surface area contributed by atoms with Crippen molar-refractivity contribution in [3.63, 3.8) is 0 Å².